The Morgan fingerprint density at radius 1 is 0.966 bits per heavy atom. The molecule has 2 aromatic carbocycles. The van der Waals surface area contributed by atoms with Crippen molar-refractivity contribution in [2.24, 2.45) is 0 Å². The van der Waals surface area contributed by atoms with E-state index in [0.717, 1.165) is 27.4 Å². The molecule has 6 nitrogen and oxygen atoms in total. The van der Waals surface area contributed by atoms with Crippen molar-refractivity contribution >= 4 is 28.8 Å². The third kappa shape index (κ3) is 5.96. The summed E-state index contributed by atoms with van der Waals surface area (Å²) < 4.78 is 0. The van der Waals surface area contributed by atoms with Gasteiger partial charge in [0.2, 0.25) is 10.9 Å². The van der Waals surface area contributed by atoms with Crippen LogP contribution in [0.25, 0.3) is 0 Å². The molecule has 0 aliphatic carbocycles. The Labute approximate surface area is 174 Å². The van der Waals surface area contributed by atoms with Crippen LogP contribution < -0.4 is 10.6 Å². The van der Waals surface area contributed by atoms with E-state index < -0.39 is 0 Å². The van der Waals surface area contributed by atoms with Gasteiger partial charge in [0.1, 0.15) is 5.01 Å². The fraction of sp³-hybridized carbons (Fsp3) is 0.273. The van der Waals surface area contributed by atoms with Crippen molar-refractivity contribution in [3.8, 4) is 0 Å². The second-order valence-corrected chi connectivity index (χ2v) is 7.89. The molecule has 2 amide bonds. The third-order valence-electron chi connectivity index (χ3n) is 4.59. The molecule has 0 saturated heterocycles. The number of aromatic nitrogens is 2. The summed E-state index contributed by atoms with van der Waals surface area (Å²) in [6, 6.07) is 15.6. The number of nitrogens with one attached hydrogen (secondary N) is 2. The van der Waals surface area contributed by atoms with Gasteiger partial charge in [-0.15, -0.1) is 10.2 Å². The quantitative estimate of drug-likeness (QED) is 0.589. The Morgan fingerprint density at radius 2 is 1.69 bits per heavy atom. The number of benzene rings is 2. The van der Waals surface area contributed by atoms with Crippen LogP contribution in [0.1, 0.15) is 44.3 Å². The predicted molar refractivity (Wildman–Crippen MR) is 115 cm³/mol. The molecule has 3 aromatic rings. The van der Waals surface area contributed by atoms with Crippen LogP contribution in [0, 0.1) is 13.8 Å². The normalized spacial score (nSPS) is 10.6. The zero-order chi connectivity index (χ0) is 20.6. The van der Waals surface area contributed by atoms with Gasteiger partial charge in [-0.25, -0.2) is 0 Å². The minimum atomic E-state index is -0.265. The molecule has 0 radical (unpaired) electrons. The Morgan fingerprint density at radius 3 is 2.45 bits per heavy atom. The van der Waals surface area contributed by atoms with Gasteiger partial charge in [0.05, 0.1) is 0 Å². The van der Waals surface area contributed by atoms with Crippen LogP contribution in [0.3, 0.4) is 0 Å². The van der Waals surface area contributed by atoms with Crippen LogP contribution in [0.15, 0.2) is 48.5 Å². The van der Waals surface area contributed by atoms with Gasteiger partial charge in [-0.3, -0.25) is 9.59 Å². The number of amides is 2. The van der Waals surface area contributed by atoms with E-state index in [0.29, 0.717) is 30.8 Å². The molecular formula is C22H24N4O2S. The largest absolute Gasteiger partial charge is 0.352 e. The van der Waals surface area contributed by atoms with Crippen molar-refractivity contribution in [1.29, 1.82) is 0 Å². The summed E-state index contributed by atoms with van der Waals surface area (Å²) in [7, 11) is 0. The van der Waals surface area contributed by atoms with Gasteiger partial charge >= 0.3 is 0 Å². The Bertz CT molecular complexity index is 1000. The first-order valence-corrected chi connectivity index (χ1v) is 10.3. The number of hydrogen-bond donors (Lipinski definition) is 2. The standard InChI is InChI=1S/C22H24N4O2S/c1-15-8-3-5-10-17(15)14-23-19(27)12-7-13-20-25-26-22(29-20)21(28)24-18-11-6-4-9-16(18)2/h3-6,8-11H,7,12-14H2,1-2H3,(H,23,27)(H,24,28). The van der Waals surface area contributed by atoms with Crippen LogP contribution in [0.2, 0.25) is 0 Å². The number of carbonyl (C=O) groups is 2. The predicted octanol–water partition coefficient (Wildman–Crippen LogP) is 4.05. The highest BCUT2D eigenvalue weighted by molar-refractivity contribution is 7.13. The van der Waals surface area contributed by atoms with Crippen molar-refractivity contribution in [3.05, 3.63) is 75.2 Å². The molecule has 3 rings (SSSR count). The van der Waals surface area contributed by atoms with Gasteiger partial charge in [-0.2, -0.15) is 0 Å². The lowest BCUT2D eigenvalue weighted by atomic mass is 10.1. The van der Waals surface area contributed by atoms with E-state index in [-0.39, 0.29) is 11.8 Å². The summed E-state index contributed by atoms with van der Waals surface area (Å²) in [5.74, 6) is -0.255. The highest BCUT2D eigenvalue weighted by Gasteiger charge is 2.14. The Kier molecular flexibility index (Phi) is 7.08. The van der Waals surface area contributed by atoms with Crippen molar-refractivity contribution in [2.75, 3.05) is 5.32 Å². The van der Waals surface area contributed by atoms with Crippen molar-refractivity contribution in [1.82, 2.24) is 15.5 Å². The molecule has 0 saturated carbocycles. The molecule has 150 valence electrons. The first kappa shape index (κ1) is 20.7. The minimum Gasteiger partial charge on any atom is -0.352 e. The van der Waals surface area contributed by atoms with E-state index in [4.69, 9.17) is 0 Å². The van der Waals surface area contributed by atoms with E-state index in [2.05, 4.69) is 20.8 Å². The van der Waals surface area contributed by atoms with Crippen LogP contribution in [-0.2, 0) is 17.8 Å². The lowest BCUT2D eigenvalue weighted by molar-refractivity contribution is -0.121. The number of carbonyl (C=O) groups excluding carboxylic acids is 2. The minimum absolute atomic E-state index is 0.00953. The number of rotatable bonds is 8. The van der Waals surface area contributed by atoms with Gasteiger partial charge in [-0.05, 0) is 43.0 Å². The summed E-state index contributed by atoms with van der Waals surface area (Å²) in [5.41, 5.74) is 4.04. The maximum Gasteiger partial charge on any atom is 0.286 e. The van der Waals surface area contributed by atoms with Gasteiger partial charge < -0.3 is 10.6 Å². The van der Waals surface area contributed by atoms with E-state index >= 15 is 0 Å². The molecule has 1 aromatic heterocycles. The van der Waals surface area contributed by atoms with Crippen LogP contribution in [-0.4, -0.2) is 22.0 Å². The number of nitrogens with zero attached hydrogens (tertiary/aromatic N) is 2. The van der Waals surface area contributed by atoms with Crippen LogP contribution in [0.5, 0.6) is 0 Å². The second-order valence-electron chi connectivity index (χ2n) is 6.83. The summed E-state index contributed by atoms with van der Waals surface area (Å²) in [6.07, 6.45) is 1.69. The third-order valence-corrected chi connectivity index (χ3v) is 5.57. The lowest BCUT2D eigenvalue weighted by Gasteiger charge is -2.07. The number of hydrogen-bond acceptors (Lipinski definition) is 5. The maximum absolute atomic E-state index is 12.3. The first-order valence-electron chi connectivity index (χ1n) is 9.53. The van der Waals surface area contributed by atoms with Crippen LogP contribution in [0.4, 0.5) is 5.69 Å². The summed E-state index contributed by atoms with van der Waals surface area (Å²) in [4.78, 5) is 24.4. The molecule has 0 aliphatic rings. The fourth-order valence-electron chi connectivity index (χ4n) is 2.83. The molecule has 29 heavy (non-hydrogen) atoms. The van der Waals surface area contributed by atoms with Crippen molar-refractivity contribution < 1.29 is 9.59 Å². The molecule has 0 atom stereocenters. The van der Waals surface area contributed by atoms with Gasteiger partial charge in [0.15, 0.2) is 0 Å². The molecule has 0 bridgehead atoms. The molecule has 0 spiro atoms. The molecule has 2 N–H and O–H groups in total. The fourth-order valence-corrected chi connectivity index (χ4v) is 3.60. The topological polar surface area (TPSA) is 84.0 Å². The van der Waals surface area contributed by atoms with Gasteiger partial charge in [0.25, 0.3) is 5.91 Å². The zero-order valence-electron chi connectivity index (χ0n) is 16.6. The number of para-hydroxylation sites is 1. The average Bonchev–Trinajstić information content (AvgIpc) is 3.18. The van der Waals surface area contributed by atoms with Crippen LogP contribution >= 0.6 is 11.3 Å². The van der Waals surface area contributed by atoms with E-state index in [9.17, 15) is 9.59 Å². The second kappa shape index (κ2) is 9.93. The van der Waals surface area contributed by atoms with Gasteiger partial charge in [-0.1, -0.05) is 53.8 Å². The molecular weight excluding hydrogens is 384 g/mol. The first-order chi connectivity index (χ1) is 14.0. The molecule has 7 heteroatoms. The summed E-state index contributed by atoms with van der Waals surface area (Å²) in [5, 5.41) is 14.9. The average molecular weight is 409 g/mol. The van der Waals surface area contributed by atoms with E-state index in [1.165, 1.54) is 11.3 Å². The Hall–Kier alpha value is -3.06. The molecule has 0 unspecified atom stereocenters. The van der Waals surface area contributed by atoms with E-state index in [1.807, 2.05) is 62.4 Å². The van der Waals surface area contributed by atoms with Crippen molar-refractivity contribution in [3.63, 3.8) is 0 Å². The Balaban J connectivity index is 1.43. The molecule has 0 aliphatic heterocycles. The van der Waals surface area contributed by atoms with Gasteiger partial charge in [0, 0.05) is 25.1 Å². The maximum atomic E-state index is 12.3. The highest BCUT2D eigenvalue weighted by atomic mass is 32.1. The number of aryl methyl sites for hydroxylation is 3. The zero-order valence-corrected chi connectivity index (χ0v) is 17.4. The lowest BCUT2D eigenvalue weighted by Crippen LogP contribution is -2.22. The number of anilines is 1. The smallest absolute Gasteiger partial charge is 0.286 e. The molecule has 1 heterocycles. The monoisotopic (exact) mass is 408 g/mol. The van der Waals surface area contributed by atoms with E-state index in [1.54, 1.807) is 0 Å². The summed E-state index contributed by atoms with van der Waals surface area (Å²) in [6.45, 7) is 4.50. The molecule has 0 fully saturated rings. The highest BCUT2D eigenvalue weighted by Crippen LogP contribution is 2.17. The SMILES string of the molecule is Cc1ccccc1CNC(=O)CCCc1nnc(C(=O)Nc2ccccc2C)s1. The van der Waals surface area contributed by atoms with Crippen molar-refractivity contribution in [2.45, 2.75) is 39.7 Å². The summed E-state index contributed by atoms with van der Waals surface area (Å²) >= 11 is 1.26.